The van der Waals surface area contributed by atoms with Gasteiger partial charge >= 0.3 is 0 Å². The van der Waals surface area contributed by atoms with Gasteiger partial charge < -0.3 is 10.4 Å². The number of aromatic nitrogens is 2. The molecule has 3 rings (SSSR count). The second-order valence-corrected chi connectivity index (χ2v) is 6.74. The number of phenols is 1. The summed E-state index contributed by atoms with van der Waals surface area (Å²) >= 11 is 12.2. The molecule has 0 radical (unpaired) electrons. The number of hydrogen-bond donors (Lipinski definition) is 2. The minimum absolute atomic E-state index is 0.0259. The fourth-order valence-corrected chi connectivity index (χ4v) is 3.24. The summed E-state index contributed by atoms with van der Waals surface area (Å²) in [6.45, 7) is 3.73. The average Bonchev–Trinajstić information content (AvgIpc) is 2.85. The van der Waals surface area contributed by atoms with Crippen molar-refractivity contribution in [2.75, 3.05) is 5.32 Å². The van der Waals surface area contributed by atoms with Crippen molar-refractivity contribution < 1.29 is 9.90 Å². The zero-order valence-corrected chi connectivity index (χ0v) is 15.8. The van der Waals surface area contributed by atoms with Crippen LogP contribution in [-0.2, 0) is 11.2 Å². The number of aryl methyl sites for hydroxylation is 1. The first-order valence-electron chi connectivity index (χ1n) is 7.95. The first kappa shape index (κ1) is 18.3. The lowest BCUT2D eigenvalue weighted by molar-refractivity contribution is -0.115. The molecule has 0 aliphatic rings. The summed E-state index contributed by atoms with van der Waals surface area (Å²) in [5.41, 5.74) is 3.44. The maximum atomic E-state index is 12.4. The van der Waals surface area contributed by atoms with Gasteiger partial charge in [0.25, 0.3) is 0 Å². The first-order chi connectivity index (χ1) is 12.4. The molecule has 1 aromatic heterocycles. The van der Waals surface area contributed by atoms with Crippen molar-refractivity contribution in [2.45, 2.75) is 20.3 Å². The molecule has 0 aliphatic carbocycles. The number of halogens is 2. The van der Waals surface area contributed by atoms with Gasteiger partial charge in [-0.2, -0.15) is 5.10 Å². The Morgan fingerprint density at radius 3 is 2.62 bits per heavy atom. The van der Waals surface area contributed by atoms with E-state index >= 15 is 0 Å². The van der Waals surface area contributed by atoms with Crippen LogP contribution in [0.3, 0.4) is 0 Å². The van der Waals surface area contributed by atoms with Crippen molar-refractivity contribution in [3.63, 3.8) is 0 Å². The third-order valence-corrected chi connectivity index (χ3v) is 4.63. The van der Waals surface area contributed by atoms with Gasteiger partial charge in [0.2, 0.25) is 5.91 Å². The number of nitrogens with one attached hydrogen (secondary N) is 1. The zero-order chi connectivity index (χ0) is 18.8. The van der Waals surface area contributed by atoms with Gasteiger partial charge in [-0.1, -0.05) is 35.3 Å². The second-order valence-electron chi connectivity index (χ2n) is 5.90. The third kappa shape index (κ3) is 3.69. The minimum Gasteiger partial charge on any atom is -0.506 e. The number of nitrogens with zero attached hydrogens (tertiary/aromatic N) is 2. The lowest BCUT2D eigenvalue weighted by Crippen LogP contribution is -2.15. The normalized spacial score (nSPS) is 10.8. The highest BCUT2D eigenvalue weighted by Crippen LogP contribution is 2.27. The van der Waals surface area contributed by atoms with Crippen molar-refractivity contribution in [2.24, 2.45) is 0 Å². The standard InChI is InChI=1S/C19H17Cl2N3O2/c1-11-14(10-19(26)22-16-5-3-4-6-18(16)25)12(2)24(23-11)17-8-7-13(20)9-15(17)21/h3-9,25H,10H2,1-2H3,(H,22,26). The van der Waals surface area contributed by atoms with Crippen molar-refractivity contribution in [3.05, 3.63) is 69.5 Å². The van der Waals surface area contributed by atoms with Gasteiger partial charge in [0.05, 0.1) is 28.5 Å². The molecule has 3 aromatic rings. The number of carbonyl (C=O) groups excluding carboxylic acids is 1. The highest BCUT2D eigenvalue weighted by atomic mass is 35.5. The summed E-state index contributed by atoms with van der Waals surface area (Å²) in [5.74, 6) is -0.211. The molecule has 0 aliphatic heterocycles. The van der Waals surface area contributed by atoms with Crippen molar-refractivity contribution in [3.8, 4) is 11.4 Å². The van der Waals surface area contributed by atoms with E-state index < -0.39 is 0 Å². The minimum atomic E-state index is -0.237. The van der Waals surface area contributed by atoms with Crippen molar-refractivity contribution in [1.82, 2.24) is 9.78 Å². The molecule has 2 aromatic carbocycles. The fourth-order valence-electron chi connectivity index (χ4n) is 2.75. The van der Waals surface area contributed by atoms with Crippen LogP contribution >= 0.6 is 23.2 Å². The molecule has 0 saturated heterocycles. The highest BCUT2D eigenvalue weighted by Gasteiger charge is 2.18. The smallest absolute Gasteiger partial charge is 0.229 e. The Labute approximate surface area is 161 Å². The number of para-hydroxylation sites is 2. The van der Waals surface area contributed by atoms with E-state index in [1.54, 1.807) is 41.1 Å². The van der Waals surface area contributed by atoms with E-state index in [9.17, 15) is 9.90 Å². The molecule has 2 N–H and O–H groups in total. The van der Waals surface area contributed by atoms with E-state index in [2.05, 4.69) is 10.4 Å². The summed E-state index contributed by atoms with van der Waals surface area (Å²) in [6.07, 6.45) is 0.136. The Morgan fingerprint density at radius 2 is 1.92 bits per heavy atom. The van der Waals surface area contributed by atoms with E-state index in [4.69, 9.17) is 23.2 Å². The van der Waals surface area contributed by atoms with Gasteiger partial charge in [0.1, 0.15) is 5.75 Å². The van der Waals surface area contributed by atoms with E-state index in [0.717, 1.165) is 17.0 Å². The van der Waals surface area contributed by atoms with Crippen LogP contribution in [0.5, 0.6) is 5.75 Å². The molecule has 1 heterocycles. The summed E-state index contributed by atoms with van der Waals surface area (Å²) in [4.78, 5) is 12.4. The quantitative estimate of drug-likeness (QED) is 0.636. The van der Waals surface area contributed by atoms with Gasteiger partial charge in [0, 0.05) is 16.3 Å². The van der Waals surface area contributed by atoms with Crippen LogP contribution in [0.15, 0.2) is 42.5 Å². The zero-order valence-electron chi connectivity index (χ0n) is 14.3. The molecule has 0 atom stereocenters. The Bertz CT molecular complexity index is 983. The number of carbonyl (C=O) groups is 1. The lowest BCUT2D eigenvalue weighted by Gasteiger charge is -2.09. The Kier molecular flexibility index (Phi) is 5.20. The summed E-state index contributed by atoms with van der Waals surface area (Å²) in [7, 11) is 0. The van der Waals surface area contributed by atoms with Gasteiger partial charge in [-0.25, -0.2) is 4.68 Å². The Hall–Kier alpha value is -2.50. The number of rotatable bonds is 4. The van der Waals surface area contributed by atoms with Crippen LogP contribution in [0.1, 0.15) is 17.0 Å². The Balaban J connectivity index is 1.86. The van der Waals surface area contributed by atoms with Crippen LogP contribution < -0.4 is 5.32 Å². The molecular weight excluding hydrogens is 373 g/mol. The number of amides is 1. The molecule has 1 amide bonds. The second kappa shape index (κ2) is 7.40. The van der Waals surface area contributed by atoms with Crippen LogP contribution in [0.4, 0.5) is 5.69 Å². The highest BCUT2D eigenvalue weighted by molar-refractivity contribution is 6.35. The number of aromatic hydroxyl groups is 1. The molecule has 0 unspecified atom stereocenters. The van der Waals surface area contributed by atoms with Gasteiger partial charge in [-0.15, -0.1) is 0 Å². The molecule has 0 spiro atoms. The Morgan fingerprint density at radius 1 is 1.19 bits per heavy atom. The summed E-state index contributed by atoms with van der Waals surface area (Å²) in [6, 6.07) is 11.8. The van der Waals surface area contributed by atoms with E-state index in [0.29, 0.717) is 21.4 Å². The van der Waals surface area contributed by atoms with E-state index in [1.165, 1.54) is 6.07 Å². The van der Waals surface area contributed by atoms with Crippen LogP contribution in [0, 0.1) is 13.8 Å². The number of benzene rings is 2. The van der Waals surface area contributed by atoms with Gasteiger partial charge in [0.15, 0.2) is 0 Å². The van der Waals surface area contributed by atoms with Crippen molar-refractivity contribution >= 4 is 34.8 Å². The van der Waals surface area contributed by atoms with Crippen LogP contribution in [-0.4, -0.2) is 20.8 Å². The molecule has 7 heteroatoms. The number of hydrogen-bond acceptors (Lipinski definition) is 3. The predicted molar refractivity (Wildman–Crippen MR) is 103 cm³/mol. The van der Waals surface area contributed by atoms with Crippen LogP contribution in [0.2, 0.25) is 10.0 Å². The van der Waals surface area contributed by atoms with Gasteiger partial charge in [-0.05, 0) is 44.2 Å². The van der Waals surface area contributed by atoms with Crippen LogP contribution in [0.25, 0.3) is 5.69 Å². The summed E-state index contributed by atoms with van der Waals surface area (Å²) in [5, 5.41) is 18.0. The van der Waals surface area contributed by atoms with Crippen molar-refractivity contribution in [1.29, 1.82) is 0 Å². The molecule has 134 valence electrons. The topological polar surface area (TPSA) is 67.2 Å². The fraction of sp³-hybridized carbons (Fsp3) is 0.158. The SMILES string of the molecule is Cc1nn(-c2ccc(Cl)cc2Cl)c(C)c1CC(=O)Nc1ccccc1O. The van der Waals surface area contributed by atoms with Gasteiger partial charge in [-0.3, -0.25) is 4.79 Å². The molecule has 0 saturated carbocycles. The summed E-state index contributed by atoms with van der Waals surface area (Å²) < 4.78 is 1.70. The molecule has 0 fully saturated rings. The molecule has 5 nitrogen and oxygen atoms in total. The largest absolute Gasteiger partial charge is 0.506 e. The molecule has 0 bridgehead atoms. The molecule has 26 heavy (non-hydrogen) atoms. The maximum Gasteiger partial charge on any atom is 0.229 e. The predicted octanol–water partition coefficient (Wildman–Crippen LogP) is 4.68. The number of anilines is 1. The van der Waals surface area contributed by atoms with E-state index in [1.807, 2.05) is 13.8 Å². The lowest BCUT2D eigenvalue weighted by atomic mass is 10.1. The third-order valence-electron chi connectivity index (χ3n) is 4.09. The monoisotopic (exact) mass is 389 g/mol. The average molecular weight is 390 g/mol. The number of phenolic OH excluding ortho intramolecular Hbond substituents is 1. The molecular formula is C19H17Cl2N3O2. The van der Waals surface area contributed by atoms with E-state index in [-0.39, 0.29) is 18.1 Å². The maximum absolute atomic E-state index is 12.4. The first-order valence-corrected chi connectivity index (χ1v) is 8.70.